The number of nitrogens with one attached hydrogen (secondary N) is 1. The third-order valence-corrected chi connectivity index (χ3v) is 21.2. The Balaban J connectivity index is 0.960. The maximum absolute atomic E-state index is 14.4. The quantitative estimate of drug-likeness (QED) is 0.0542. The molecule has 7 aromatic rings. The summed E-state index contributed by atoms with van der Waals surface area (Å²) in [6, 6.07) is 71.7. The van der Waals surface area contributed by atoms with Crippen LogP contribution in [0.25, 0.3) is 0 Å². The van der Waals surface area contributed by atoms with Crippen molar-refractivity contribution in [1.29, 1.82) is 0 Å². The molecule has 2 heterocycles. The lowest BCUT2D eigenvalue weighted by molar-refractivity contribution is -0.127. The Morgan fingerprint density at radius 2 is 1.17 bits per heavy atom. The molecule has 0 saturated carbocycles. The number of Topliss-reactive ketones (excluding diaryl/α,β-unsaturated/α-hetero) is 1. The second-order valence-electron chi connectivity index (χ2n) is 18.9. The first-order valence-corrected chi connectivity index (χ1v) is 28.9. The van der Waals surface area contributed by atoms with E-state index in [9.17, 15) is 9.59 Å². The third kappa shape index (κ3) is 11.3. The van der Waals surface area contributed by atoms with Crippen LogP contribution < -0.4 is 5.32 Å². The molecule has 1 N–H and O–H groups in total. The number of hydrogen-bond donors (Lipinski definition) is 1. The van der Waals surface area contributed by atoms with Crippen LogP contribution in [0, 0.1) is 5.92 Å². The van der Waals surface area contributed by atoms with E-state index < -0.39 is 14.8 Å². The Labute approximate surface area is 437 Å². The number of carbonyl (C=O) groups excluding carboxylic acids is 2. The zero-order chi connectivity index (χ0) is 49.0. The van der Waals surface area contributed by atoms with Gasteiger partial charge in [0.25, 0.3) is 0 Å². The lowest BCUT2D eigenvalue weighted by atomic mass is 9.73. The molecule has 0 spiro atoms. The van der Waals surface area contributed by atoms with Gasteiger partial charge in [0.15, 0.2) is 0 Å². The van der Waals surface area contributed by atoms with Gasteiger partial charge in [-0.3, -0.25) is 19.4 Å². The number of halogens is 2. The highest BCUT2D eigenvalue weighted by atomic mass is 35.5. The van der Waals surface area contributed by atoms with Crippen molar-refractivity contribution < 1.29 is 9.59 Å². The molecule has 2 aliphatic rings. The van der Waals surface area contributed by atoms with Crippen molar-refractivity contribution in [3.05, 3.63) is 232 Å². The van der Waals surface area contributed by atoms with Crippen LogP contribution in [0.2, 0.25) is 10.0 Å². The molecule has 2 fully saturated rings. The van der Waals surface area contributed by atoms with E-state index in [1.54, 1.807) is 0 Å². The lowest BCUT2D eigenvalue weighted by Crippen LogP contribution is -2.51. The molecule has 0 radical (unpaired) electrons. The van der Waals surface area contributed by atoms with Gasteiger partial charge in [0, 0.05) is 49.0 Å². The van der Waals surface area contributed by atoms with Crippen molar-refractivity contribution in [2.75, 3.05) is 44.2 Å². The summed E-state index contributed by atoms with van der Waals surface area (Å²) in [5, 5.41) is 4.47. The van der Waals surface area contributed by atoms with E-state index in [0.717, 1.165) is 56.6 Å². The summed E-state index contributed by atoms with van der Waals surface area (Å²) in [6.45, 7) is 5.19. The molecular formula is C62H65Cl2N3O2S2. The minimum Gasteiger partial charge on any atom is -0.354 e. The van der Waals surface area contributed by atoms with Gasteiger partial charge in [-0.25, -0.2) is 0 Å². The minimum atomic E-state index is -1.73. The Morgan fingerprint density at radius 1 is 0.662 bits per heavy atom. The fourth-order valence-electron chi connectivity index (χ4n) is 11.6. The fraction of sp³-hybridized carbons (Fsp3) is 0.290. The second kappa shape index (κ2) is 24.1. The SMILES string of the molecule is CCC(=O)[C@H]1C(c2ccc(Cl)c(Cl)c2)CC2CCC1N2CCCN(CCS(c1ccccc1)(c1ccccc1)c1ccccc1)CC(=O)NCCSC(c1ccccc1)(c1ccccc1)c1ccccc1. The molecular weight excluding hydrogens is 954 g/mol. The molecule has 9 rings (SSSR count). The molecule has 71 heavy (non-hydrogen) atoms. The van der Waals surface area contributed by atoms with Crippen LogP contribution in [0.3, 0.4) is 0 Å². The molecule has 4 atom stereocenters. The van der Waals surface area contributed by atoms with Crippen molar-refractivity contribution in [3.8, 4) is 0 Å². The smallest absolute Gasteiger partial charge is 0.234 e. The Kier molecular flexibility index (Phi) is 17.2. The highest BCUT2D eigenvalue weighted by Crippen LogP contribution is 2.68. The van der Waals surface area contributed by atoms with Crippen molar-refractivity contribution in [1.82, 2.24) is 15.1 Å². The van der Waals surface area contributed by atoms with Crippen molar-refractivity contribution in [2.24, 2.45) is 5.92 Å². The Morgan fingerprint density at radius 3 is 1.66 bits per heavy atom. The summed E-state index contributed by atoms with van der Waals surface area (Å²) in [5.41, 5.74) is 4.74. The van der Waals surface area contributed by atoms with E-state index in [2.05, 4.69) is 203 Å². The summed E-state index contributed by atoms with van der Waals surface area (Å²) in [5.74, 6) is 1.95. The average molecular weight is 1020 g/mol. The van der Waals surface area contributed by atoms with Gasteiger partial charge in [0.05, 0.1) is 21.3 Å². The van der Waals surface area contributed by atoms with Crippen molar-refractivity contribution in [2.45, 2.75) is 76.5 Å². The maximum Gasteiger partial charge on any atom is 0.234 e. The van der Waals surface area contributed by atoms with Crippen molar-refractivity contribution >= 4 is 56.7 Å². The zero-order valence-electron chi connectivity index (χ0n) is 40.6. The molecule has 2 aliphatic heterocycles. The molecule has 366 valence electrons. The number of hydrogen-bond acceptors (Lipinski definition) is 5. The number of nitrogens with zero attached hydrogens (tertiary/aromatic N) is 2. The molecule has 2 bridgehead atoms. The normalized spacial score (nSPS) is 18.3. The third-order valence-electron chi connectivity index (χ3n) is 14.8. The topological polar surface area (TPSA) is 52.7 Å². The van der Waals surface area contributed by atoms with Gasteiger partial charge in [-0.05, 0) is 130 Å². The van der Waals surface area contributed by atoms with Gasteiger partial charge >= 0.3 is 0 Å². The first-order valence-electron chi connectivity index (χ1n) is 25.3. The van der Waals surface area contributed by atoms with Crippen LogP contribution in [-0.4, -0.2) is 77.8 Å². The number of fused-ring (bicyclic) bond motifs is 2. The van der Waals surface area contributed by atoms with Crippen LogP contribution in [0.15, 0.2) is 215 Å². The second-order valence-corrected chi connectivity index (χ2v) is 24.3. The van der Waals surface area contributed by atoms with Gasteiger partial charge in [0.2, 0.25) is 5.91 Å². The molecule has 3 unspecified atom stereocenters. The molecule has 7 aromatic carbocycles. The van der Waals surface area contributed by atoms with Crippen LogP contribution >= 0.6 is 45.0 Å². The van der Waals surface area contributed by atoms with E-state index in [-0.39, 0.29) is 23.8 Å². The molecule has 0 aliphatic carbocycles. The predicted molar refractivity (Wildman–Crippen MR) is 298 cm³/mol. The van der Waals surface area contributed by atoms with Crippen LogP contribution in [0.4, 0.5) is 0 Å². The van der Waals surface area contributed by atoms with Gasteiger partial charge in [-0.15, -0.1) is 11.8 Å². The molecule has 9 heteroatoms. The van der Waals surface area contributed by atoms with E-state index in [1.807, 2.05) is 30.8 Å². The van der Waals surface area contributed by atoms with E-state index in [0.29, 0.717) is 47.1 Å². The Bertz CT molecular complexity index is 2600. The number of thioether (sulfide) groups is 1. The first kappa shape index (κ1) is 50.8. The summed E-state index contributed by atoms with van der Waals surface area (Å²) in [4.78, 5) is 37.3. The van der Waals surface area contributed by atoms with E-state index >= 15 is 0 Å². The number of ketones is 1. The summed E-state index contributed by atoms with van der Waals surface area (Å²) in [7, 11) is -1.73. The van der Waals surface area contributed by atoms with Gasteiger partial charge in [0.1, 0.15) is 5.78 Å². The van der Waals surface area contributed by atoms with Gasteiger partial charge in [-0.2, -0.15) is 10.0 Å². The van der Waals surface area contributed by atoms with Crippen LogP contribution in [0.1, 0.15) is 67.2 Å². The molecule has 0 aromatic heterocycles. The number of piperidine rings is 1. The van der Waals surface area contributed by atoms with E-state index in [1.165, 1.54) is 31.4 Å². The lowest BCUT2D eigenvalue weighted by Gasteiger charge is -2.45. The van der Waals surface area contributed by atoms with Crippen molar-refractivity contribution in [3.63, 3.8) is 0 Å². The Hall–Kier alpha value is -5.12. The first-order chi connectivity index (χ1) is 34.8. The average Bonchev–Trinajstić information content (AvgIpc) is 3.70. The molecule has 2 saturated heterocycles. The zero-order valence-corrected chi connectivity index (χ0v) is 43.8. The number of carbonyl (C=O) groups is 2. The minimum absolute atomic E-state index is 0.0335. The maximum atomic E-state index is 14.4. The van der Waals surface area contributed by atoms with E-state index in [4.69, 9.17) is 23.2 Å². The largest absolute Gasteiger partial charge is 0.354 e. The summed E-state index contributed by atoms with van der Waals surface area (Å²) < 4.78 is -0.463. The molecule has 5 nitrogen and oxygen atoms in total. The van der Waals surface area contributed by atoms with Gasteiger partial charge < -0.3 is 5.32 Å². The summed E-state index contributed by atoms with van der Waals surface area (Å²) in [6.07, 6.45) is 4.42. The van der Waals surface area contributed by atoms with Gasteiger partial charge in [-0.1, -0.05) is 182 Å². The highest BCUT2D eigenvalue weighted by Gasteiger charge is 2.49. The predicted octanol–water partition coefficient (Wildman–Crippen LogP) is 14.4. The number of rotatable bonds is 22. The monoisotopic (exact) mass is 1020 g/mol. The summed E-state index contributed by atoms with van der Waals surface area (Å²) >= 11 is 14.8. The standard InChI is InChI=1S/C62H65Cl2N3O2S2/c1-2-59(68)61-55(47-34-36-56(63)57(64)44-47)45-51-35-37-58(61)67(51)40-21-39-66(41-43-71(52-28-15-6-16-29-52,53-30-17-7-18-31-53)54-32-19-8-20-33-54)46-60(69)65-38-42-70-62(48-22-9-3-10-23-48,49-24-11-4-12-25-49)50-26-13-5-14-27-50/h3-20,22-34,36,44,51,55,58,61H,2,21,35,37-43,45-46H2,1H3,(H,65,69)/t51?,55?,58?,61-/m0/s1. The number of benzene rings is 7. The van der Waals surface area contributed by atoms with Crippen LogP contribution in [-0.2, 0) is 14.3 Å². The fourth-order valence-corrected chi connectivity index (χ4v) is 17.2. The highest BCUT2D eigenvalue weighted by molar-refractivity contribution is 8.33. The molecule has 1 amide bonds. The van der Waals surface area contributed by atoms with Crippen LogP contribution in [0.5, 0.6) is 0 Å². The number of amides is 1.